The summed E-state index contributed by atoms with van der Waals surface area (Å²) in [5.41, 5.74) is 3.28. The van der Waals surface area contributed by atoms with Gasteiger partial charge in [0, 0.05) is 5.56 Å². The first-order valence-electron chi connectivity index (χ1n) is 5.53. The van der Waals surface area contributed by atoms with Crippen LogP contribution >= 0.6 is 0 Å². The van der Waals surface area contributed by atoms with E-state index in [1.165, 1.54) is 30.5 Å². The van der Waals surface area contributed by atoms with Crippen LogP contribution in [0.3, 0.4) is 0 Å². The van der Waals surface area contributed by atoms with Gasteiger partial charge >= 0.3 is 0 Å². The summed E-state index contributed by atoms with van der Waals surface area (Å²) in [6.45, 7) is 0. The van der Waals surface area contributed by atoms with Crippen molar-refractivity contribution in [2.45, 2.75) is 0 Å². The third-order valence-corrected chi connectivity index (χ3v) is 2.36. The van der Waals surface area contributed by atoms with Gasteiger partial charge < -0.3 is 5.11 Å². The Morgan fingerprint density at radius 2 is 1.95 bits per heavy atom. The van der Waals surface area contributed by atoms with E-state index in [0.717, 1.165) is 0 Å². The van der Waals surface area contributed by atoms with Gasteiger partial charge in [-0.05, 0) is 35.9 Å². The predicted molar refractivity (Wildman–Crippen MR) is 69.6 cm³/mol. The Labute approximate surface area is 109 Å². The van der Waals surface area contributed by atoms with Crippen LogP contribution in [0.25, 0.3) is 0 Å². The van der Waals surface area contributed by atoms with Gasteiger partial charge in [0.05, 0.1) is 6.21 Å². The van der Waals surface area contributed by atoms with Crippen LogP contribution in [0, 0.1) is 5.82 Å². The van der Waals surface area contributed by atoms with E-state index in [9.17, 15) is 14.3 Å². The molecule has 4 nitrogen and oxygen atoms in total. The van der Waals surface area contributed by atoms with Crippen LogP contribution in [0.1, 0.15) is 15.9 Å². The highest BCUT2D eigenvalue weighted by molar-refractivity contribution is 5.95. The van der Waals surface area contributed by atoms with Crippen LogP contribution in [-0.4, -0.2) is 17.2 Å². The molecule has 19 heavy (non-hydrogen) atoms. The third kappa shape index (κ3) is 3.64. The van der Waals surface area contributed by atoms with Gasteiger partial charge in [-0.1, -0.05) is 18.2 Å². The van der Waals surface area contributed by atoms with Gasteiger partial charge in [-0.3, -0.25) is 4.79 Å². The maximum absolute atomic E-state index is 12.7. The molecule has 1 amide bonds. The quantitative estimate of drug-likeness (QED) is 0.655. The van der Waals surface area contributed by atoms with Crippen molar-refractivity contribution in [1.82, 2.24) is 5.43 Å². The molecule has 0 saturated heterocycles. The van der Waals surface area contributed by atoms with Crippen molar-refractivity contribution in [1.29, 1.82) is 0 Å². The molecule has 0 saturated carbocycles. The van der Waals surface area contributed by atoms with Crippen molar-refractivity contribution < 1.29 is 14.3 Å². The van der Waals surface area contributed by atoms with Crippen molar-refractivity contribution in [2.75, 3.05) is 0 Å². The van der Waals surface area contributed by atoms with Crippen LogP contribution < -0.4 is 5.43 Å². The highest BCUT2D eigenvalue weighted by Gasteiger charge is 2.03. The molecule has 0 radical (unpaired) electrons. The topological polar surface area (TPSA) is 61.7 Å². The number of carbonyl (C=O) groups excluding carboxylic acids is 1. The van der Waals surface area contributed by atoms with Crippen LogP contribution in [0.15, 0.2) is 53.6 Å². The van der Waals surface area contributed by atoms with Gasteiger partial charge in [-0.15, -0.1) is 0 Å². The summed E-state index contributed by atoms with van der Waals surface area (Å²) in [7, 11) is 0. The lowest BCUT2D eigenvalue weighted by atomic mass is 10.2. The maximum Gasteiger partial charge on any atom is 0.271 e. The molecule has 0 fully saturated rings. The van der Waals surface area contributed by atoms with E-state index >= 15 is 0 Å². The summed E-state index contributed by atoms with van der Waals surface area (Å²) in [6, 6.07) is 11.6. The number of phenolic OH excluding ortho intramolecular Hbond substituents is 1. The number of rotatable bonds is 3. The van der Waals surface area contributed by atoms with E-state index in [0.29, 0.717) is 11.1 Å². The second-order valence-corrected chi connectivity index (χ2v) is 3.80. The molecule has 2 rings (SSSR count). The number of halogens is 1. The Morgan fingerprint density at radius 1 is 1.21 bits per heavy atom. The largest absolute Gasteiger partial charge is 0.508 e. The number of phenols is 1. The standard InChI is InChI=1S/C14H11FN2O2/c15-12-6-4-10(5-7-12)9-16-17-14(19)11-2-1-3-13(18)8-11/h1-9,18H,(H,17,19)/b16-9+. The molecular formula is C14H11FN2O2. The Balaban J connectivity index is 1.98. The Bertz CT molecular complexity index is 609. The van der Waals surface area contributed by atoms with Gasteiger partial charge in [-0.25, -0.2) is 9.82 Å². The molecule has 0 aliphatic rings. The normalized spacial score (nSPS) is 10.6. The summed E-state index contributed by atoms with van der Waals surface area (Å²) in [6.07, 6.45) is 1.40. The Hall–Kier alpha value is -2.69. The van der Waals surface area contributed by atoms with Crippen LogP contribution in [-0.2, 0) is 0 Å². The third-order valence-electron chi connectivity index (χ3n) is 2.36. The second-order valence-electron chi connectivity index (χ2n) is 3.80. The van der Waals surface area contributed by atoms with Gasteiger partial charge in [0.1, 0.15) is 11.6 Å². The smallest absolute Gasteiger partial charge is 0.271 e. The average Bonchev–Trinajstić information content (AvgIpc) is 2.41. The first-order valence-corrected chi connectivity index (χ1v) is 5.53. The molecule has 0 bridgehead atoms. The number of carbonyl (C=O) groups is 1. The van der Waals surface area contributed by atoms with E-state index in [1.54, 1.807) is 24.3 Å². The zero-order valence-electron chi connectivity index (χ0n) is 9.88. The molecule has 0 aliphatic heterocycles. The zero-order valence-corrected chi connectivity index (χ0v) is 9.88. The van der Waals surface area contributed by atoms with Crippen molar-refractivity contribution in [3.05, 3.63) is 65.5 Å². The molecule has 0 aromatic heterocycles. The number of hydrogen-bond acceptors (Lipinski definition) is 3. The number of hydrazone groups is 1. The van der Waals surface area contributed by atoms with Crippen molar-refractivity contribution in [2.24, 2.45) is 5.10 Å². The van der Waals surface area contributed by atoms with E-state index in [-0.39, 0.29) is 11.6 Å². The number of amides is 1. The Morgan fingerprint density at radius 3 is 2.63 bits per heavy atom. The number of hydrogen-bond donors (Lipinski definition) is 2. The van der Waals surface area contributed by atoms with Gasteiger partial charge in [0.15, 0.2) is 0 Å². The van der Waals surface area contributed by atoms with Crippen LogP contribution in [0.2, 0.25) is 0 Å². The van der Waals surface area contributed by atoms with Crippen molar-refractivity contribution in [3.8, 4) is 5.75 Å². The summed E-state index contributed by atoms with van der Waals surface area (Å²) >= 11 is 0. The van der Waals surface area contributed by atoms with Gasteiger partial charge in [0.2, 0.25) is 0 Å². The monoisotopic (exact) mass is 258 g/mol. The van der Waals surface area contributed by atoms with Crippen molar-refractivity contribution >= 4 is 12.1 Å². The molecule has 0 atom stereocenters. The lowest BCUT2D eigenvalue weighted by Gasteiger charge is -2.00. The molecule has 0 heterocycles. The van der Waals surface area contributed by atoms with E-state index in [4.69, 9.17) is 0 Å². The lowest BCUT2D eigenvalue weighted by molar-refractivity contribution is 0.0954. The summed E-state index contributed by atoms with van der Waals surface area (Å²) in [5.74, 6) is -0.759. The molecule has 0 unspecified atom stereocenters. The summed E-state index contributed by atoms with van der Waals surface area (Å²) in [5, 5.41) is 13.0. The molecule has 96 valence electrons. The number of benzene rings is 2. The number of nitrogens with zero attached hydrogens (tertiary/aromatic N) is 1. The zero-order chi connectivity index (χ0) is 13.7. The number of aromatic hydroxyl groups is 1. The van der Waals surface area contributed by atoms with E-state index < -0.39 is 5.91 Å². The fraction of sp³-hybridized carbons (Fsp3) is 0. The number of nitrogens with one attached hydrogen (secondary N) is 1. The molecular weight excluding hydrogens is 247 g/mol. The van der Waals surface area contributed by atoms with E-state index in [2.05, 4.69) is 10.5 Å². The van der Waals surface area contributed by atoms with Crippen LogP contribution in [0.5, 0.6) is 5.75 Å². The molecule has 2 N–H and O–H groups in total. The van der Waals surface area contributed by atoms with E-state index in [1.807, 2.05) is 0 Å². The lowest BCUT2D eigenvalue weighted by Crippen LogP contribution is -2.17. The first kappa shape index (κ1) is 12.8. The molecule has 2 aromatic rings. The minimum Gasteiger partial charge on any atom is -0.508 e. The highest BCUT2D eigenvalue weighted by Crippen LogP contribution is 2.10. The predicted octanol–water partition coefficient (Wildman–Crippen LogP) is 2.30. The fourth-order valence-electron chi connectivity index (χ4n) is 1.43. The summed E-state index contributed by atoms with van der Waals surface area (Å²) < 4.78 is 12.7. The minimum atomic E-state index is -0.436. The molecule has 2 aromatic carbocycles. The second kappa shape index (κ2) is 5.77. The summed E-state index contributed by atoms with van der Waals surface area (Å²) in [4.78, 5) is 11.6. The fourth-order valence-corrected chi connectivity index (χ4v) is 1.43. The van der Waals surface area contributed by atoms with Crippen LogP contribution in [0.4, 0.5) is 4.39 Å². The maximum atomic E-state index is 12.7. The first-order chi connectivity index (χ1) is 9.15. The average molecular weight is 258 g/mol. The van der Waals surface area contributed by atoms with Crippen molar-refractivity contribution in [3.63, 3.8) is 0 Å². The molecule has 0 aliphatic carbocycles. The minimum absolute atomic E-state index is 0.00941. The SMILES string of the molecule is O=C(N/N=C/c1ccc(F)cc1)c1cccc(O)c1. The van der Waals surface area contributed by atoms with Gasteiger partial charge in [-0.2, -0.15) is 5.10 Å². The molecule has 5 heteroatoms. The molecule has 0 spiro atoms. The Kier molecular flexibility index (Phi) is 3.87. The highest BCUT2D eigenvalue weighted by atomic mass is 19.1. The van der Waals surface area contributed by atoms with Gasteiger partial charge in [0.25, 0.3) is 5.91 Å².